The molecular weight excluding hydrogens is 268 g/mol. The molecule has 1 spiro atoms. The van der Waals surface area contributed by atoms with E-state index in [2.05, 4.69) is 6.58 Å². The summed E-state index contributed by atoms with van der Waals surface area (Å²) in [6.07, 6.45) is 0. The molecule has 2 aliphatic heterocycles. The van der Waals surface area contributed by atoms with E-state index in [-0.39, 0.29) is 0 Å². The van der Waals surface area contributed by atoms with E-state index in [4.69, 9.17) is 14.2 Å². The topological polar surface area (TPSA) is 44.8 Å². The summed E-state index contributed by atoms with van der Waals surface area (Å²) in [4.78, 5) is 12.1. The van der Waals surface area contributed by atoms with Crippen LogP contribution >= 0.6 is 0 Å². The summed E-state index contributed by atoms with van der Waals surface area (Å²) in [5.41, 5.74) is 2.77. The van der Waals surface area contributed by atoms with Crippen LogP contribution < -0.4 is 4.74 Å². The molecule has 0 radical (unpaired) electrons. The summed E-state index contributed by atoms with van der Waals surface area (Å²) in [6.45, 7) is 3.91. The molecule has 4 heteroatoms. The molecule has 2 heterocycles. The average Bonchev–Trinajstić information content (AvgIpc) is 2.95. The number of esters is 1. The van der Waals surface area contributed by atoms with Gasteiger partial charge in [0.15, 0.2) is 0 Å². The highest BCUT2D eigenvalue weighted by Gasteiger charge is 2.54. The van der Waals surface area contributed by atoms with Crippen LogP contribution in [0.5, 0.6) is 5.75 Å². The minimum Gasteiger partial charge on any atom is -0.497 e. The number of ether oxygens (including phenoxy) is 3. The van der Waals surface area contributed by atoms with Gasteiger partial charge in [-0.2, -0.15) is 0 Å². The summed E-state index contributed by atoms with van der Waals surface area (Å²) >= 11 is 0. The zero-order chi connectivity index (χ0) is 14.6. The van der Waals surface area contributed by atoms with Crippen molar-refractivity contribution in [3.63, 3.8) is 0 Å². The van der Waals surface area contributed by atoms with Crippen molar-refractivity contribution < 1.29 is 19.0 Å². The third kappa shape index (κ3) is 1.41. The zero-order valence-electron chi connectivity index (χ0n) is 11.4. The van der Waals surface area contributed by atoms with Crippen LogP contribution in [0.25, 0.3) is 5.76 Å². The van der Waals surface area contributed by atoms with E-state index in [1.54, 1.807) is 19.2 Å². The number of carbonyl (C=O) groups is 1. The van der Waals surface area contributed by atoms with E-state index in [0.717, 1.165) is 11.1 Å². The van der Waals surface area contributed by atoms with E-state index in [9.17, 15) is 4.79 Å². The first-order valence-electron chi connectivity index (χ1n) is 6.55. The Morgan fingerprint density at radius 1 is 1.05 bits per heavy atom. The van der Waals surface area contributed by atoms with Crippen molar-refractivity contribution in [1.82, 2.24) is 0 Å². The Morgan fingerprint density at radius 3 is 2.67 bits per heavy atom. The number of benzene rings is 2. The summed E-state index contributed by atoms with van der Waals surface area (Å²) in [7, 11) is 1.59. The lowest BCUT2D eigenvalue weighted by atomic mass is 9.94. The molecule has 0 bridgehead atoms. The summed E-state index contributed by atoms with van der Waals surface area (Å²) < 4.78 is 16.7. The van der Waals surface area contributed by atoms with Gasteiger partial charge < -0.3 is 14.2 Å². The molecule has 0 saturated carbocycles. The van der Waals surface area contributed by atoms with Gasteiger partial charge in [-0.3, -0.25) is 0 Å². The highest BCUT2D eigenvalue weighted by molar-refractivity contribution is 5.96. The van der Waals surface area contributed by atoms with Gasteiger partial charge in [-0.1, -0.05) is 18.7 Å². The Bertz CT molecular complexity index is 789. The fourth-order valence-electron chi connectivity index (χ4n) is 2.91. The lowest BCUT2D eigenvalue weighted by Crippen LogP contribution is -2.26. The van der Waals surface area contributed by atoms with E-state index >= 15 is 0 Å². The molecule has 0 aliphatic carbocycles. The SMILES string of the molecule is C=C1OC2(OC(=O)c3ccccc32)c2cc(OC)ccc21. The summed E-state index contributed by atoms with van der Waals surface area (Å²) in [5, 5.41) is 0. The van der Waals surface area contributed by atoms with Gasteiger partial charge >= 0.3 is 11.8 Å². The maximum absolute atomic E-state index is 12.1. The lowest BCUT2D eigenvalue weighted by molar-refractivity contribution is -0.116. The largest absolute Gasteiger partial charge is 0.497 e. The van der Waals surface area contributed by atoms with Crippen LogP contribution in [0.2, 0.25) is 0 Å². The van der Waals surface area contributed by atoms with Crippen LogP contribution in [-0.4, -0.2) is 13.1 Å². The molecule has 2 aromatic carbocycles. The van der Waals surface area contributed by atoms with Gasteiger partial charge in [0, 0.05) is 5.56 Å². The third-order valence-corrected chi connectivity index (χ3v) is 3.89. The van der Waals surface area contributed by atoms with Gasteiger partial charge in [-0.25, -0.2) is 4.79 Å². The Labute approximate surface area is 121 Å². The second-order valence-corrected chi connectivity index (χ2v) is 4.99. The molecule has 4 nitrogen and oxygen atoms in total. The van der Waals surface area contributed by atoms with Crippen molar-refractivity contribution in [2.24, 2.45) is 0 Å². The lowest BCUT2D eigenvalue weighted by Gasteiger charge is -2.23. The van der Waals surface area contributed by atoms with Crippen LogP contribution in [0.4, 0.5) is 0 Å². The fraction of sp³-hybridized carbons (Fsp3) is 0.118. The quantitative estimate of drug-likeness (QED) is 0.753. The Kier molecular flexibility index (Phi) is 2.22. The van der Waals surface area contributed by atoms with Crippen LogP contribution in [0.15, 0.2) is 49.0 Å². The highest BCUT2D eigenvalue weighted by Crippen LogP contribution is 2.52. The summed E-state index contributed by atoms with van der Waals surface area (Å²) in [6, 6.07) is 12.7. The average molecular weight is 280 g/mol. The minimum absolute atomic E-state index is 0.394. The van der Waals surface area contributed by atoms with Crippen molar-refractivity contribution in [2.75, 3.05) is 7.11 Å². The van der Waals surface area contributed by atoms with E-state index in [1.165, 1.54) is 0 Å². The zero-order valence-corrected chi connectivity index (χ0v) is 11.4. The first kappa shape index (κ1) is 12.0. The van der Waals surface area contributed by atoms with Crippen molar-refractivity contribution in [2.45, 2.75) is 5.79 Å². The maximum atomic E-state index is 12.1. The standard InChI is InChI=1S/C17H12O4/c1-10-12-8-7-11(19-2)9-15(12)17(20-10)14-6-4-3-5-13(14)16(18)21-17/h3-9H,1H2,2H3. The molecule has 0 N–H and O–H groups in total. The Morgan fingerprint density at radius 2 is 1.86 bits per heavy atom. The molecule has 2 aromatic rings. The van der Waals surface area contributed by atoms with Crippen molar-refractivity contribution in [3.8, 4) is 5.75 Å². The molecule has 2 aliphatic rings. The number of rotatable bonds is 1. The molecule has 21 heavy (non-hydrogen) atoms. The number of carbonyl (C=O) groups excluding carboxylic acids is 1. The van der Waals surface area contributed by atoms with E-state index in [0.29, 0.717) is 22.6 Å². The molecule has 104 valence electrons. The predicted molar refractivity (Wildman–Crippen MR) is 75.8 cm³/mol. The fourth-order valence-corrected chi connectivity index (χ4v) is 2.91. The van der Waals surface area contributed by atoms with Gasteiger partial charge in [-0.15, -0.1) is 0 Å². The van der Waals surface area contributed by atoms with Crippen molar-refractivity contribution in [1.29, 1.82) is 0 Å². The Balaban J connectivity index is 2.01. The Hall–Kier alpha value is -2.75. The minimum atomic E-state index is -1.24. The van der Waals surface area contributed by atoms with Gasteiger partial charge in [0.05, 0.1) is 23.8 Å². The van der Waals surface area contributed by atoms with Crippen LogP contribution in [0.1, 0.15) is 27.0 Å². The number of hydrogen-bond donors (Lipinski definition) is 0. The van der Waals surface area contributed by atoms with Crippen molar-refractivity contribution in [3.05, 3.63) is 71.3 Å². The van der Waals surface area contributed by atoms with E-state index in [1.807, 2.05) is 30.3 Å². The van der Waals surface area contributed by atoms with Gasteiger partial charge in [0.25, 0.3) is 0 Å². The van der Waals surface area contributed by atoms with Crippen molar-refractivity contribution >= 4 is 11.7 Å². The molecule has 0 fully saturated rings. The van der Waals surface area contributed by atoms with Gasteiger partial charge in [0.1, 0.15) is 11.5 Å². The maximum Gasteiger partial charge on any atom is 0.342 e. The second kappa shape index (κ2) is 3.88. The van der Waals surface area contributed by atoms with Crippen LogP contribution in [-0.2, 0) is 15.3 Å². The van der Waals surface area contributed by atoms with Gasteiger partial charge in [-0.05, 0) is 30.3 Å². The number of fused-ring (bicyclic) bond motifs is 4. The second-order valence-electron chi connectivity index (χ2n) is 4.99. The van der Waals surface area contributed by atoms with Crippen LogP contribution in [0.3, 0.4) is 0 Å². The third-order valence-electron chi connectivity index (χ3n) is 3.89. The molecule has 0 saturated heterocycles. The monoisotopic (exact) mass is 280 g/mol. The van der Waals surface area contributed by atoms with Crippen LogP contribution in [0, 0.1) is 0 Å². The van der Waals surface area contributed by atoms with Gasteiger partial charge in [0.2, 0.25) is 0 Å². The first-order chi connectivity index (χ1) is 10.2. The molecule has 1 unspecified atom stereocenters. The van der Waals surface area contributed by atoms with E-state index < -0.39 is 11.8 Å². The molecule has 1 atom stereocenters. The smallest absolute Gasteiger partial charge is 0.342 e. The summed E-state index contributed by atoms with van der Waals surface area (Å²) in [5.74, 6) is -0.479. The number of methoxy groups -OCH3 is 1. The first-order valence-corrected chi connectivity index (χ1v) is 6.55. The number of hydrogen-bond acceptors (Lipinski definition) is 4. The molecular formula is C17H12O4. The molecule has 0 amide bonds. The molecule has 0 aromatic heterocycles. The molecule has 4 rings (SSSR count). The highest BCUT2D eigenvalue weighted by atomic mass is 16.7. The predicted octanol–water partition coefficient (Wildman–Crippen LogP) is 3.07. The normalized spacial score (nSPS) is 21.8.